The van der Waals surface area contributed by atoms with Crippen LogP contribution in [0.1, 0.15) is 59.7 Å². The topological polar surface area (TPSA) is 42.7 Å². The second-order valence-corrected chi connectivity index (χ2v) is 6.28. The third-order valence-electron chi connectivity index (χ3n) is 3.72. The maximum absolute atomic E-state index is 4.47. The summed E-state index contributed by atoms with van der Waals surface area (Å²) in [6.45, 7) is 13.3. The first-order valence-corrected chi connectivity index (χ1v) is 8.18. The highest BCUT2D eigenvalue weighted by Gasteiger charge is 2.19. The van der Waals surface area contributed by atoms with Gasteiger partial charge in [-0.25, -0.2) is 9.67 Å². The summed E-state index contributed by atoms with van der Waals surface area (Å²) >= 11 is 0. The van der Waals surface area contributed by atoms with E-state index in [0.29, 0.717) is 17.9 Å². The number of nitrogens with zero attached hydrogens (tertiary/aromatic N) is 3. The summed E-state index contributed by atoms with van der Waals surface area (Å²) < 4.78 is 2.07. The molecule has 20 heavy (non-hydrogen) atoms. The Morgan fingerprint density at radius 3 is 2.55 bits per heavy atom. The first-order valence-electron chi connectivity index (χ1n) is 8.18. The molecule has 0 saturated heterocycles. The second kappa shape index (κ2) is 9.11. The van der Waals surface area contributed by atoms with Crippen LogP contribution in [0.15, 0.2) is 6.33 Å². The molecule has 1 heterocycles. The monoisotopic (exact) mass is 280 g/mol. The quantitative estimate of drug-likeness (QED) is 0.715. The van der Waals surface area contributed by atoms with Gasteiger partial charge in [-0.2, -0.15) is 5.10 Å². The zero-order chi connectivity index (χ0) is 15.0. The Bertz CT molecular complexity index is 359. The normalized spacial score (nSPS) is 14.7. The van der Waals surface area contributed by atoms with Crippen molar-refractivity contribution in [1.29, 1.82) is 0 Å². The highest BCUT2D eigenvalue weighted by atomic mass is 15.3. The van der Waals surface area contributed by atoms with E-state index in [2.05, 4.69) is 54.7 Å². The lowest BCUT2D eigenvalue weighted by atomic mass is 9.94. The minimum atomic E-state index is 0.505. The van der Waals surface area contributed by atoms with Gasteiger partial charge in [0.25, 0.3) is 0 Å². The number of rotatable bonds is 10. The van der Waals surface area contributed by atoms with Crippen molar-refractivity contribution >= 4 is 0 Å². The van der Waals surface area contributed by atoms with Crippen molar-refractivity contribution in [3.63, 3.8) is 0 Å². The Labute approximate surface area is 124 Å². The zero-order valence-corrected chi connectivity index (χ0v) is 13.9. The maximum Gasteiger partial charge on any atom is 0.138 e. The van der Waals surface area contributed by atoms with E-state index in [1.54, 1.807) is 6.33 Å². The first-order chi connectivity index (χ1) is 9.58. The van der Waals surface area contributed by atoms with Gasteiger partial charge >= 0.3 is 0 Å². The molecule has 4 nitrogen and oxygen atoms in total. The fraction of sp³-hybridized carbons (Fsp3) is 0.875. The molecule has 1 rings (SSSR count). The molecule has 1 aromatic heterocycles. The molecule has 0 spiro atoms. The van der Waals surface area contributed by atoms with E-state index in [-0.39, 0.29) is 0 Å². The van der Waals surface area contributed by atoms with Crippen LogP contribution < -0.4 is 5.32 Å². The highest BCUT2D eigenvalue weighted by molar-refractivity contribution is 4.92. The molecule has 1 N–H and O–H groups in total. The molecule has 0 aliphatic rings. The molecule has 1 aromatic rings. The molecule has 0 aromatic carbocycles. The van der Waals surface area contributed by atoms with Crippen LogP contribution in [0.2, 0.25) is 0 Å². The summed E-state index contributed by atoms with van der Waals surface area (Å²) in [7, 11) is 0. The molecule has 0 fully saturated rings. The molecule has 0 aliphatic heterocycles. The van der Waals surface area contributed by atoms with Crippen LogP contribution in [0.4, 0.5) is 0 Å². The van der Waals surface area contributed by atoms with Gasteiger partial charge < -0.3 is 5.32 Å². The maximum atomic E-state index is 4.47. The Kier molecular flexibility index (Phi) is 7.82. The van der Waals surface area contributed by atoms with Crippen LogP contribution in [-0.2, 0) is 13.0 Å². The summed E-state index contributed by atoms with van der Waals surface area (Å²) in [5.74, 6) is 2.40. The predicted molar refractivity (Wildman–Crippen MR) is 84.7 cm³/mol. The lowest BCUT2D eigenvalue weighted by Gasteiger charge is -2.25. The molecule has 0 bridgehead atoms. The van der Waals surface area contributed by atoms with Gasteiger partial charge in [0.2, 0.25) is 0 Å². The van der Waals surface area contributed by atoms with Gasteiger partial charge in [-0.3, -0.25) is 0 Å². The summed E-state index contributed by atoms with van der Waals surface area (Å²) in [4.78, 5) is 4.47. The molecule has 116 valence electrons. The second-order valence-electron chi connectivity index (χ2n) is 6.28. The van der Waals surface area contributed by atoms with E-state index in [1.807, 2.05) is 0 Å². The van der Waals surface area contributed by atoms with Gasteiger partial charge in [0.15, 0.2) is 0 Å². The average Bonchev–Trinajstić information content (AvgIpc) is 2.81. The van der Waals surface area contributed by atoms with Crippen LogP contribution in [-0.4, -0.2) is 27.4 Å². The largest absolute Gasteiger partial charge is 0.313 e. The van der Waals surface area contributed by atoms with E-state index >= 15 is 0 Å². The highest BCUT2D eigenvalue weighted by Crippen LogP contribution is 2.15. The van der Waals surface area contributed by atoms with Gasteiger partial charge in [-0.1, -0.05) is 41.0 Å². The van der Waals surface area contributed by atoms with E-state index in [1.165, 1.54) is 19.3 Å². The molecule has 0 radical (unpaired) electrons. The lowest BCUT2D eigenvalue weighted by Crippen LogP contribution is -2.38. The van der Waals surface area contributed by atoms with E-state index in [0.717, 1.165) is 25.3 Å². The van der Waals surface area contributed by atoms with Crippen molar-refractivity contribution in [2.75, 3.05) is 6.54 Å². The SMILES string of the molecule is CCCNC(Cc1ncnn1CC(C)C)C(C)CCC. The van der Waals surface area contributed by atoms with Crippen molar-refractivity contribution in [2.45, 2.75) is 72.9 Å². The Morgan fingerprint density at radius 2 is 1.95 bits per heavy atom. The summed E-state index contributed by atoms with van der Waals surface area (Å²) in [5, 5.41) is 8.06. The van der Waals surface area contributed by atoms with Crippen LogP contribution in [0, 0.1) is 11.8 Å². The van der Waals surface area contributed by atoms with Gasteiger partial charge in [0.1, 0.15) is 12.2 Å². The molecular formula is C16H32N4. The van der Waals surface area contributed by atoms with Crippen molar-refractivity contribution in [3.05, 3.63) is 12.2 Å². The van der Waals surface area contributed by atoms with E-state index in [4.69, 9.17) is 0 Å². The van der Waals surface area contributed by atoms with Crippen molar-refractivity contribution in [2.24, 2.45) is 11.8 Å². The van der Waals surface area contributed by atoms with Crippen LogP contribution in [0.25, 0.3) is 0 Å². The van der Waals surface area contributed by atoms with Crippen molar-refractivity contribution < 1.29 is 0 Å². The number of hydrogen-bond donors (Lipinski definition) is 1. The molecule has 4 heteroatoms. The molecule has 2 unspecified atom stereocenters. The summed E-state index contributed by atoms with van der Waals surface area (Å²) in [6, 6.07) is 0.505. The molecule has 2 atom stereocenters. The zero-order valence-electron chi connectivity index (χ0n) is 13.9. The van der Waals surface area contributed by atoms with Crippen molar-refractivity contribution in [1.82, 2.24) is 20.1 Å². The van der Waals surface area contributed by atoms with Crippen LogP contribution >= 0.6 is 0 Å². The Balaban J connectivity index is 2.70. The number of hydrogen-bond acceptors (Lipinski definition) is 3. The molecule has 0 aliphatic carbocycles. The summed E-state index contributed by atoms with van der Waals surface area (Å²) in [6.07, 6.45) is 6.35. The van der Waals surface area contributed by atoms with Gasteiger partial charge in [-0.15, -0.1) is 0 Å². The molecule has 0 amide bonds. The summed E-state index contributed by atoms with van der Waals surface area (Å²) in [5.41, 5.74) is 0. The minimum absolute atomic E-state index is 0.505. The van der Waals surface area contributed by atoms with Crippen LogP contribution in [0.5, 0.6) is 0 Å². The standard InChI is InChI=1S/C16H32N4/c1-6-8-14(5)15(17-9-7-2)10-16-18-12-19-20(16)11-13(3)4/h12-15,17H,6-11H2,1-5H3. The van der Waals surface area contributed by atoms with Gasteiger partial charge in [0, 0.05) is 19.0 Å². The van der Waals surface area contributed by atoms with E-state index in [9.17, 15) is 0 Å². The number of nitrogens with one attached hydrogen (secondary N) is 1. The third kappa shape index (κ3) is 5.61. The fourth-order valence-corrected chi connectivity index (χ4v) is 2.60. The van der Waals surface area contributed by atoms with Crippen LogP contribution in [0.3, 0.4) is 0 Å². The predicted octanol–water partition coefficient (Wildman–Crippen LogP) is 3.28. The fourth-order valence-electron chi connectivity index (χ4n) is 2.60. The number of aromatic nitrogens is 3. The smallest absolute Gasteiger partial charge is 0.138 e. The first kappa shape index (κ1) is 17.2. The Hall–Kier alpha value is -0.900. The van der Waals surface area contributed by atoms with Crippen molar-refractivity contribution in [3.8, 4) is 0 Å². The Morgan fingerprint density at radius 1 is 1.20 bits per heavy atom. The average molecular weight is 280 g/mol. The molecular weight excluding hydrogens is 248 g/mol. The third-order valence-corrected chi connectivity index (χ3v) is 3.72. The van der Waals surface area contributed by atoms with Gasteiger partial charge in [-0.05, 0) is 31.2 Å². The van der Waals surface area contributed by atoms with E-state index < -0.39 is 0 Å². The molecule has 0 saturated carbocycles. The lowest BCUT2D eigenvalue weighted by molar-refractivity contribution is 0.339. The minimum Gasteiger partial charge on any atom is -0.313 e. The van der Waals surface area contributed by atoms with Gasteiger partial charge in [0.05, 0.1) is 0 Å².